The zero-order chi connectivity index (χ0) is 20.9. The summed E-state index contributed by atoms with van der Waals surface area (Å²) < 4.78 is 5.78. The number of hydrogen-bond acceptors (Lipinski definition) is 6. The third-order valence-electron chi connectivity index (χ3n) is 5.87. The van der Waals surface area contributed by atoms with Gasteiger partial charge in [-0.25, -0.2) is 0 Å². The van der Waals surface area contributed by atoms with E-state index in [9.17, 15) is 14.9 Å². The molecule has 0 N–H and O–H groups in total. The number of nitro groups is 1. The fraction of sp³-hybridized carbons (Fsp3) is 0.435. The summed E-state index contributed by atoms with van der Waals surface area (Å²) in [6.07, 6.45) is 4.58. The van der Waals surface area contributed by atoms with Crippen LogP contribution in [0.5, 0.6) is 5.75 Å². The third kappa shape index (κ3) is 4.62. The molecule has 2 heterocycles. The van der Waals surface area contributed by atoms with Crippen molar-refractivity contribution >= 4 is 17.2 Å². The number of carbonyl (C=O) groups excluding carboxylic acids is 1. The van der Waals surface area contributed by atoms with Gasteiger partial charge in [-0.3, -0.25) is 19.8 Å². The van der Waals surface area contributed by atoms with Crippen molar-refractivity contribution in [3.8, 4) is 5.75 Å². The molecule has 2 aliphatic heterocycles. The maximum atomic E-state index is 12.9. The Labute approximate surface area is 176 Å². The molecule has 0 atom stereocenters. The third-order valence-corrected chi connectivity index (χ3v) is 5.87. The van der Waals surface area contributed by atoms with Gasteiger partial charge in [0.1, 0.15) is 18.0 Å². The number of ether oxygens (including phenoxy) is 1. The zero-order valence-electron chi connectivity index (χ0n) is 17.1. The molecule has 7 heteroatoms. The van der Waals surface area contributed by atoms with Crippen LogP contribution in [0, 0.1) is 10.1 Å². The highest BCUT2D eigenvalue weighted by Crippen LogP contribution is 2.32. The van der Waals surface area contributed by atoms with E-state index in [4.69, 9.17) is 4.74 Å². The number of likely N-dealkylation sites (tertiary alicyclic amines) is 1. The fourth-order valence-electron chi connectivity index (χ4n) is 4.20. The Hall–Kier alpha value is -2.93. The average molecular weight is 409 g/mol. The topological polar surface area (TPSA) is 75.9 Å². The number of benzene rings is 2. The van der Waals surface area contributed by atoms with Crippen LogP contribution in [-0.2, 0) is 0 Å². The highest BCUT2D eigenvalue weighted by Gasteiger charge is 2.24. The first-order valence-electron chi connectivity index (χ1n) is 10.6. The molecule has 2 saturated heterocycles. The van der Waals surface area contributed by atoms with Gasteiger partial charge in [0.05, 0.1) is 4.92 Å². The molecule has 30 heavy (non-hydrogen) atoms. The molecule has 2 aromatic carbocycles. The van der Waals surface area contributed by atoms with E-state index in [1.165, 1.54) is 18.9 Å². The second-order valence-electron chi connectivity index (χ2n) is 7.91. The lowest BCUT2D eigenvalue weighted by atomic mass is 10.0. The van der Waals surface area contributed by atoms with Gasteiger partial charge in [0, 0.05) is 36.8 Å². The standard InChI is InChI=1S/C23H27N3O4/c27-23(18-5-8-20(9-6-18)30-16-15-24-11-1-2-12-24)19-7-10-21(22(17-19)26(28)29)25-13-3-4-14-25/h5-10,17H,1-4,11-16H2. The molecular weight excluding hydrogens is 382 g/mol. The van der Waals surface area contributed by atoms with Gasteiger partial charge in [-0.15, -0.1) is 0 Å². The second-order valence-corrected chi connectivity index (χ2v) is 7.91. The van der Waals surface area contributed by atoms with Gasteiger partial charge >= 0.3 is 0 Å². The minimum atomic E-state index is -0.401. The van der Waals surface area contributed by atoms with Crippen molar-refractivity contribution in [2.75, 3.05) is 44.2 Å². The van der Waals surface area contributed by atoms with E-state index in [1.807, 2.05) is 4.90 Å². The molecular formula is C23H27N3O4. The van der Waals surface area contributed by atoms with Crippen molar-refractivity contribution in [2.24, 2.45) is 0 Å². The smallest absolute Gasteiger partial charge is 0.293 e. The van der Waals surface area contributed by atoms with Gasteiger partial charge in [0.15, 0.2) is 5.78 Å². The van der Waals surface area contributed by atoms with Gasteiger partial charge in [0.25, 0.3) is 5.69 Å². The van der Waals surface area contributed by atoms with Crippen molar-refractivity contribution < 1.29 is 14.5 Å². The van der Waals surface area contributed by atoms with Gasteiger partial charge in [-0.05, 0) is 75.2 Å². The summed E-state index contributed by atoms with van der Waals surface area (Å²) in [5, 5.41) is 11.6. The first kappa shape index (κ1) is 20.3. The predicted octanol–water partition coefficient (Wildman–Crippen LogP) is 3.90. The van der Waals surface area contributed by atoms with Crippen LogP contribution in [-0.4, -0.2) is 54.9 Å². The molecule has 0 bridgehead atoms. The molecule has 0 radical (unpaired) electrons. The Morgan fingerprint density at radius 2 is 1.57 bits per heavy atom. The minimum Gasteiger partial charge on any atom is -0.492 e. The van der Waals surface area contributed by atoms with Crippen molar-refractivity contribution in [3.63, 3.8) is 0 Å². The summed E-state index contributed by atoms with van der Waals surface area (Å²) in [7, 11) is 0. The van der Waals surface area contributed by atoms with Crippen molar-refractivity contribution in [2.45, 2.75) is 25.7 Å². The van der Waals surface area contributed by atoms with Gasteiger partial charge < -0.3 is 9.64 Å². The molecule has 0 saturated carbocycles. The Morgan fingerprint density at radius 1 is 0.933 bits per heavy atom. The number of hydrogen-bond donors (Lipinski definition) is 0. The quantitative estimate of drug-likeness (QED) is 0.374. The predicted molar refractivity (Wildman–Crippen MR) is 116 cm³/mol. The molecule has 2 aromatic rings. The molecule has 158 valence electrons. The number of ketones is 1. The van der Waals surface area contributed by atoms with E-state index in [0.717, 1.165) is 51.3 Å². The lowest BCUT2D eigenvalue weighted by Gasteiger charge is -2.17. The summed E-state index contributed by atoms with van der Waals surface area (Å²) in [6, 6.07) is 11.8. The number of nitro benzene ring substituents is 1. The zero-order valence-corrected chi connectivity index (χ0v) is 17.1. The monoisotopic (exact) mass is 409 g/mol. The van der Waals surface area contributed by atoms with Crippen LogP contribution in [0.3, 0.4) is 0 Å². The molecule has 0 spiro atoms. The van der Waals surface area contributed by atoms with Crippen LogP contribution in [0.1, 0.15) is 41.6 Å². The van der Waals surface area contributed by atoms with Crippen LogP contribution in [0.25, 0.3) is 0 Å². The van der Waals surface area contributed by atoms with Crippen LogP contribution in [0.4, 0.5) is 11.4 Å². The first-order chi connectivity index (χ1) is 14.6. The van der Waals surface area contributed by atoms with E-state index in [2.05, 4.69) is 4.90 Å². The highest BCUT2D eigenvalue weighted by atomic mass is 16.6. The Morgan fingerprint density at radius 3 is 2.23 bits per heavy atom. The number of anilines is 1. The van der Waals surface area contributed by atoms with Crippen molar-refractivity contribution in [3.05, 3.63) is 63.7 Å². The number of nitrogens with zero attached hydrogens (tertiary/aromatic N) is 3. The van der Waals surface area contributed by atoms with Gasteiger partial charge in [-0.2, -0.15) is 0 Å². The van der Waals surface area contributed by atoms with E-state index in [-0.39, 0.29) is 11.5 Å². The minimum absolute atomic E-state index is 0.00961. The number of carbonyl (C=O) groups is 1. The summed E-state index contributed by atoms with van der Waals surface area (Å²) in [4.78, 5) is 28.4. The molecule has 2 aliphatic rings. The number of rotatable bonds is 8. The molecule has 0 aliphatic carbocycles. The van der Waals surface area contributed by atoms with Gasteiger partial charge in [0.2, 0.25) is 0 Å². The van der Waals surface area contributed by atoms with Crippen LogP contribution < -0.4 is 9.64 Å². The Balaban J connectivity index is 1.43. The highest BCUT2D eigenvalue weighted by molar-refractivity contribution is 6.09. The van der Waals surface area contributed by atoms with Crippen LogP contribution >= 0.6 is 0 Å². The van der Waals surface area contributed by atoms with Crippen LogP contribution in [0.15, 0.2) is 42.5 Å². The van der Waals surface area contributed by atoms with E-state index < -0.39 is 4.92 Å². The summed E-state index contributed by atoms with van der Waals surface area (Å²) >= 11 is 0. The maximum absolute atomic E-state index is 12.9. The fourth-order valence-corrected chi connectivity index (χ4v) is 4.20. The summed E-state index contributed by atoms with van der Waals surface area (Å²) in [6.45, 7) is 5.44. The molecule has 0 unspecified atom stereocenters. The maximum Gasteiger partial charge on any atom is 0.293 e. The normalized spacial score (nSPS) is 16.7. The molecule has 2 fully saturated rings. The first-order valence-corrected chi connectivity index (χ1v) is 10.6. The molecule has 7 nitrogen and oxygen atoms in total. The SMILES string of the molecule is O=C(c1ccc(OCCN2CCCC2)cc1)c1ccc(N2CCCC2)c([N+](=O)[O-])c1. The van der Waals surface area contributed by atoms with Crippen LogP contribution in [0.2, 0.25) is 0 Å². The Bertz CT molecular complexity index is 901. The van der Waals surface area contributed by atoms with E-state index in [0.29, 0.717) is 23.4 Å². The summed E-state index contributed by atoms with van der Waals surface area (Å²) in [5.74, 6) is 0.496. The molecule has 0 aromatic heterocycles. The average Bonchev–Trinajstić information content (AvgIpc) is 3.48. The van der Waals surface area contributed by atoms with Crippen molar-refractivity contribution in [1.29, 1.82) is 0 Å². The molecule has 0 amide bonds. The lowest BCUT2D eigenvalue weighted by molar-refractivity contribution is -0.384. The molecule has 4 rings (SSSR count). The second kappa shape index (κ2) is 9.26. The van der Waals surface area contributed by atoms with Gasteiger partial charge in [-0.1, -0.05) is 0 Å². The van der Waals surface area contributed by atoms with E-state index in [1.54, 1.807) is 36.4 Å². The lowest BCUT2D eigenvalue weighted by Crippen LogP contribution is -2.25. The van der Waals surface area contributed by atoms with Crippen molar-refractivity contribution in [1.82, 2.24) is 4.90 Å². The largest absolute Gasteiger partial charge is 0.492 e. The van der Waals surface area contributed by atoms with E-state index >= 15 is 0 Å². The Kier molecular flexibility index (Phi) is 6.28. The summed E-state index contributed by atoms with van der Waals surface area (Å²) in [5.41, 5.74) is 1.40.